The molecular formula is C16H15ClN2O2. The molecule has 1 amide bonds. The number of methoxy groups -OCH3 is 1. The normalized spacial score (nSPS) is 10.6. The molecule has 108 valence electrons. The number of carbonyl (C=O) groups excluding carboxylic acids is 1. The van der Waals surface area contributed by atoms with Crippen molar-refractivity contribution in [2.24, 2.45) is 0 Å². The van der Waals surface area contributed by atoms with E-state index in [9.17, 15) is 4.79 Å². The van der Waals surface area contributed by atoms with Gasteiger partial charge < -0.3 is 10.1 Å². The van der Waals surface area contributed by atoms with Crippen molar-refractivity contribution in [3.05, 3.63) is 58.9 Å². The highest BCUT2D eigenvalue weighted by Crippen LogP contribution is 2.16. The van der Waals surface area contributed by atoms with E-state index in [1.165, 1.54) is 6.08 Å². The van der Waals surface area contributed by atoms with Gasteiger partial charge >= 0.3 is 0 Å². The van der Waals surface area contributed by atoms with Crippen LogP contribution in [0.3, 0.4) is 0 Å². The van der Waals surface area contributed by atoms with Crippen LogP contribution in [0.15, 0.2) is 42.5 Å². The standard InChI is InChI=1S/C16H15ClN2O2/c1-11-14(8-9-15(17)18-11)19-16(20)10-5-12-3-6-13(21-2)7-4-12/h3-10H,1-2H3,(H,19,20)/b10-5+. The average Bonchev–Trinajstić information content (AvgIpc) is 2.48. The van der Waals surface area contributed by atoms with Gasteiger partial charge in [-0.25, -0.2) is 4.98 Å². The molecule has 0 saturated heterocycles. The van der Waals surface area contributed by atoms with Gasteiger partial charge in [0, 0.05) is 6.08 Å². The summed E-state index contributed by atoms with van der Waals surface area (Å²) in [6.07, 6.45) is 3.20. The number of nitrogens with zero attached hydrogens (tertiary/aromatic N) is 1. The molecule has 1 heterocycles. The van der Waals surface area contributed by atoms with Crippen molar-refractivity contribution in [3.8, 4) is 5.75 Å². The monoisotopic (exact) mass is 302 g/mol. The summed E-state index contributed by atoms with van der Waals surface area (Å²) in [5, 5.41) is 3.16. The number of hydrogen-bond donors (Lipinski definition) is 1. The van der Waals surface area contributed by atoms with Crippen LogP contribution in [0.1, 0.15) is 11.3 Å². The second kappa shape index (κ2) is 6.90. The Morgan fingerprint density at radius 3 is 2.57 bits per heavy atom. The van der Waals surface area contributed by atoms with Gasteiger partial charge in [-0.3, -0.25) is 4.79 Å². The highest BCUT2D eigenvalue weighted by molar-refractivity contribution is 6.29. The fourth-order valence-electron chi connectivity index (χ4n) is 1.72. The smallest absolute Gasteiger partial charge is 0.248 e. The number of rotatable bonds is 4. The fourth-order valence-corrected chi connectivity index (χ4v) is 1.91. The molecule has 0 aliphatic heterocycles. The summed E-state index contributed by atoms with van der Waals surface area (Å²) in [7, 11) is 1.61. The summed E-state index contributed by atoms with van der Waals surface area (Å²) < 4.78 is 5.08. The minimum Gasteiger partial charge on any atom is -0.497 e. The Morgan fingerprint density at radius 1 is 1.24 bits per heavy atom. The fraction of sp³-hybridized carbons (Fsp3) is 0.125. The van der Waals surface area contributed by atoms with Crippen molar-refractivity contribution in [2.45, 2.75) is 6.92 Å². The van der Waals surface area contributed by atoms with E-state index in [4.69, 9.17) is 16.3 Å². The van der Waals surface area contributed by atoms with Gasteiger partial charge in [-0.05, 0) is 42.8 Å². The van der Waals surface area contributed by atoms with Crippen LogP contribution in [0.25, 0.3) is 6.08 Å². The van der Waals surface area contributed by atoms with Crippen LogP contribution < -0.4 is 10.1 Å². The molecular weight excluding hydrogens is 288 g/mol. The average molecular weight is 303 g/mol. The molecule has 0 aliphatic rings. The quantitative estimate of drug-likeness (QED) is 0.692. The first-order valence-electron chi connectivity index (χ1n) is 6.35. The van der Waals surface area contributed by atoms with E-state index in [1.54, 1.807) is 32.2 Å². The van der Waals surface area contributed by atoms with Gasteiger partial charge in [-0.2, -0.15) is 0 Å². The molecule has 4 nitrogen and oxygen atoms in total. The molecule has 0 aliphatic carbocycles. The van der Waals surface area contributed by atoms with E-state index in [0.29, 0.717) is 16.5 Å². The maximum Gasteiger partial charge on any atom is 0.248 e. The van der Waals surface area contributed by atoms with E-state index in [-0.39, 0.29) is 5.91 Å². The lowest BCUT2D eigenvalue weighted by molar-refractivity contribution is -0.111. The number of aromatic nitrogens is 1. The summed E-state index contributed by atoms with van der Waals surface area (Å²) in [6.45, 7) is 1.79. The van der Waals surface area contributed by atoms with Gasteiger partial charge in [0.25, 0.3) is 0 Å². The SMILES string of the molecule is COc1ccc(/C=C/C(=O)Nc2ccc(Cl)nc2C)cc1. The third kappa shape index (κ3) is 4.33. The molecule has 2 rings (SSSR count). The van der Waals surface area contributed by atoms with Gasteiger partial charge in [-0.1, -0.05) is 23.7 Å². The summed E-state index contributed by atoms with van der Waals surface area (Å²) in [5.74, 6) is 0.553. The number of pyridine rings is 1. The molecule has 1 N–H and O–H groups in total. The van der Waals surface area contributed by atoms with Crippen LogP contribution in [0.2, 0.25) is 5.15 Å². The first-order valence-corrected chi connectivity index (χ1v) is 6.72. The molecule has 0 unspecified atom stereocenters. The maximum absolute atomic E-state index is 11.9. The van der Waals surface area contributed by atoms with Crippen LogP contribution in [0.4, 0.5) is 5.69 Å². The number of benzene rings is 1. The third-order valence-corrected chi connectivity index (χ3v) is 3.06. The van der Waals surface area contributed by atoms with Gasteiger partial charge in [0.1, 0.15) is 10.9 Å². The first-order chi connectivity index (χ1) is 10.1. The molecule has 1 aromatic carbocycles. The van der Waals surface area contributed by atoms with Crippen LogP contribution in [0, 0.1) is 6.92 Å². The van der Waals surface area contributed by atoms with Crippen molar-refractivity contribution >= 4 is 29.3 Å². The van der Waals surface area contributed by atoms with Gasteiger partial charge in [-0.15, -0.1) is 0 Å². The summed E-state index contributed by atoms with van der Waals surface area (Å²) in [4.78, 5) is 15.9. The van der Waals surface area contributed by atoms with E-state index < -0.39 is 0 Å². The summed E-state index contributed by atoms with van der Waals surface area (Å²) in [6, 6.07) is 10.8. The molecule has 5 heteroatoms. The minimum atomic E-state index is -0.224. The zero-order chi connectivity index (χ0) is 15.2. The largest absolute Gasteiger partial charge is 0.497 e. The molecule has 2 aromatic rings. The van der Waals surface area contributed by atoms with Crippen molar-refractivity contribution in [3.63, 3.8) is 0 Å². The number of carbonyl (C=O) groups is 1. The number of amides is 1. The van der Waals surface area contributed by atoms with E-state index >= 15 is 0 Å². The molecule has 0 bridgehead atoms. The van der Waals surface area contributed by atoms with Gasteiger partial charge in [0.15, 0.2) is 0 Å². The predicted octanol–water partition coefficient (Wildman–Crippen LogP) is 3.70. The van der Waals surface area contributed by atoms with E-state index in [1.807, 2.05) is 24.3 Å². The maximum atomic E-state index is 11.9. The van der Waals surface area contributed by atoms with Crippen molar-refractivity contribution in [1.82, 2.24) is 4.98 Å². The highest BCUT2D eigenvalue weighted by Gasteiger charge is 2.03. The predicted molar refractivity (Wildman–Crippen MR) is 84.6 cm³/mol. The Bertz CT molecular complexity index is 666. The molecule has 0 radical (unpaired) electrons. The number of ether oxygens (including phenoxy) is 1. The van der Waals surface area contributed by atoms with Crippen LogP contribution in [0.5, 0.6) is 5.75 Å². The molecule has 21 heavy (non-hydrogen) atoms. The number of anilines is 1. The van der Waals surface area contributed by atoms with Crippen LogP contribution in [-0.2, 0) is 4.79 Å². The zero-order valence-electron chi connectivity index (χ0n) is 11.8. The molecule has 0 atom stereocenters. The molecule has 0 fully saturated rings. The summed E-state index contributed by atoms with van der Waals surface area (Å²) in [5.41, 5.74) is 2.23. The summed E-state index contributed by atoms with van der Waals surface area (Å²) >= 11 is 5.77. The van der Waals surface area contributed by atoms with Crippen molar-refractivity contribution < 1.29 is 9.53 Å². The number of halogens is 1. The lowest BCUT2D eigenvalue weighted by atomic mass is 10.2. The number of hydrogen-bond acceptors (Lipinski definition) is 3. The van der Waals surface area contributed by atoms with Crippen LogP contribution >= 0.6 is 11.6 Å². The second-order valence-electron chi connectivity index (χ2n) is 4.36. The Morgan fingerprint density at radius 2 is 1.95 bits per heavy atom. The topological polar surface area (TPSA) is 51.2 Å². The lowest BCUT2D eigenvalue weighted by Crippen LogP contribution is -2.09. The number of aryl methyl sites for hydroxylation is 1. The Hall–Kier alpha value is -2.33. The van der Waals surface area contributed by atoms with Crippen molar-refractivity contribution in [2.75, 3.05) is 12.4 Å². The van der Waals surface area contributed by atoms with Crippen LogP contribution in [-0.4, -0.2) is 18.0 Å². The first kappa shape index (κ1) is 15.1. The third-order valence-electron chi connectivity index (χ3n) is 2.85. The highest BCUT2D eigenvalue weighted by atomic mass is 35.5. The Labute approximate surface area is 128 Å². The minimum absolute atomic E-state index is 0.224. The van der Waals surface area contributed by atoms with Gasteiger partial charge in [0.2, 0.25) is 5.91 Å². The number of nitrogens with one attached hydrogen (secondary N) is 1. The Kier molecular flexibility index (Phi) is 4.95. The molecule has 1 aromatic heterocycles. The molecule has 0 spiro atoms. The van der Waals surface area contributed by atoms with Gasteiger partial charge in [0.05, 0.1) is 18.5 Å². The van der Waals surface area contributed by atoms with E-state index in [2.05, 4.69) is 10.3 Å². The second-order valence-corrected chi connectivity index (χ2v) is 4.75. The Balaban J connectivity index is 2.01. The molecule has 0 saturated carbocycles. The van der Waals surface area contributed by atoms with Crippen molar-refractivity contribution in [1.29, 1.82) is 0 Å². The zero-order valence-corrected chi connectivity index (χ0v) is 12.5. The lowest BCUT2D eigenvalue weighted by Gasteiger charge is -2.05. The van der Waals surface area contributed by atoms with E-state index in [0.717, 1.165) is 11.3 Å².